The lowest BCUT2D eigenvalue weighted by molar-refractivity contribution is 0.266. The highest BCUT2D eigenvalue weighted by molar-refractivity contribution is 9.10. The molecule has 0 bridgehead atoms. The van der Waals surface area contributed by atoms with Crippen LogP contribution in [0.15, 0.2) is 22.7 Å². The van der Waals surface area contributed by atoms with Gasteiger partial charge in [-0.05, 0) is 42.8 Å². The zero-order valence-electron chi connectivity index (χ0n) is 11.3. The number of benzene rings is 1. The van der Waals surface area contributed by atoms with Crippen molar-refractivity contribution in [2.24, 2.45) is 0 Å². The average Bonchev–Trinajstić information content (AvgIpc) is 2.29. The highest BCUT2D eigenvalue weighted by Gasteiger charge is 2.28. The molecule has 0 unspecified atom stereocenters. The molecule has 0 aliphatic carbocycles. The summed E-state index contributed by atoms with van der Waals surface area (Å²) in [6.07, 6.45) is 0. The second-order valence-electron chi connectivity index (χ2n) is 5.17. The summed E-state index contributed by atoms with van der Waals surface area (Å²) in [6, 6.07) is 5.31. The van der Waals surface area contributed by atoms with Gasteiger partial charge in [-0.2, -0.15) is 0 Å². The number of halogens is 1. The van der Waals surface area contributed by atoms with Crippen molar-refractivity contribution in [2.75, 3.05) is 12.4 Å². The third-order valence-corrected chi connectivity index (χ3v) is 5.94. The molecule has 4 nitrogen and oxygen atoms in total. The van der Waals surface area contributed by atoms with Crippen LogP contribution in [0.2, 0.25) is 0 Å². The second kappa shape index (κ2) is 6.24. The first-order valence-electron chi connectivity index (χ1n) is 5.92. The van der Waals surface area contributed by atoms with E-state index < -0.39 is 14.6 Å². The lowest BCUT2D eigenvalue weighted by Crippen LogP contribution is -2.32. The summed E-state index contributed by atoms with van der Waals surface area (Å²) in [5, 5.41) is 9.21. The molecule has 19 heavy (non-hydrogen) atoms. The Kier molecular flexibility index (Phi) is 5.41. The molecule has 108 valence electrons. The van der Waals surface area contributed by atoms with Gasteiger partial charge in [-0.25, -0.2) is 8.42 Å². The Morgan fingerprint density at radius 1 is 1.32 bits per heavy atom. The summed E-state index contributed by atoms with van der Waals surface area (Å²) in [6.45, 7) is 4.91. The van der Waals surface area contributed by atoms with Gasteiger partial charge in [0.15, 0.2) is 9.84 Å². The minimum Gasteiger partial charge on any atom is -0.491 e. The number of hydrogen-bond donors (Lipinski definition) is 1. The van der Waals surface area contributed by atoms with Crippen molar-refractivity contribution < 1.29 is 18.3 Å². The van der Waals surface area contributed by atoms with Gasteiger partial charge in [0.05, 0.1) is 21.6 Å². The number of aliphatic hydroxyl groups is 1. The van der Waals surface area contributed by atoms with E-state index in [4.69, 9.17) is 4.74 Å². The van der Waals surface area contributed by atoms with Gasteiger partial charge < -0.3 is 9.84 Å². The van der Waals surface area contributed by atoms with Crippen LogP contribution in [-0.2, 0) is 16.4 Å². The fraction of sp³-hybridized carbons (Fsp3) is 0.538. The van der Waals surface area contributed by atoms with E-state index in [1.54, 1.807) is 39.0 Å². The first kappa shape index (κ1) is 16.5. The summed E-state index contributed by atoms with van der Waals surface area (Å²) in [7, 11) is -3.20. The summed E-state index contributed by atoms with van der Waals surface area (Å²) >= 11 is 3.32. The van der Waals surface area contributed by atoms with E-state index in [1.807, 2.05) is 0 Å². The van der Waals surface area contributed by atoms with Crippen LogP contribution in [0.4, 0.5) is 0 Å². The molecule has 0 fully saturated rings. The normalized spacial score (nSPS) is 12.5. The largest absolute Gasteiger partial charge is 0.491 e. The molecule has 0 aliphatic heterocycles. The Morgan fingerprint density at radius 3 is 2.47 bits per heavy atom. The summed E-state index contributed by atoms with van der Waals surface area (Å²) in [5.41, 5.74) is 0.627. The molecule has 0 aromatic heterocycles. The molecule has 0 saturated carbocycles. The second-order valence-corrected chi connectivity index (χ2v) is 8.88. The lowest BCUT2D eigenvalue weighted by Gasteiger charge is -2.19. The zero-order chi connectivity index (χ0) is 14.7. The van der Waals surface area contributed by atoms with Crippen LogP contribution < -0.4 is 4.74 Å². The number of para-hydroxylation sites is 1. The fourth-order valence-corrected chi connectivity index (χ4v) is 2.84. The van der Waals surface area contributed by atoms with Gasteiger partial charge in [0.2, 0.25) is 0 Å². The number of rotatable bonds is 5. The molecular formula is C13H19BrO4S. The van der Waals surface area contributed by atoms with Crippen LogP contribution in [0.3, 0.4) is 0 Å². The molecule has 0 radical (unpaired) electrons. The van der Waals surface area contributed by atoms with Gasteiger partial charge in [-0.3, -0.25) is 0 Å². The monoisotopic (exact) mass is 350 g/mol. The Balaban J connectivity index is 2.75. The lowest BCUT2D eigenvalue weighted by atomic mass is 10.2. The van der Waals surface area contributed by atoms with E-state index in [9.17, 15) is 13.5 Å². The van der Waals surface area contributed by atoms with Crippen LogP contribution in [0.5, 0.6) is 5.75 Å². The first-order chi connectivity index (χ1) is 8.69. The van der Waals surface area contributed by atoms with Crippen LogP contribution >= 0.6 is 15.9 Å². The van der Waals surface area contributed by atoms with E-state index in [0.29, 0.717) is 15.8 Å². The minimum atomic E-state index is -3.20. The predicted octanol–water partition coefficient (Wildman–Crippen LogP) is 2.53. The highest BCUT2D eigenvalue weighted by atomic mass is 79.9. The summed E-state index contributed by atoms with van der Waals surface area (Å²) in [4.78, 5) is 0. The molecule has 1 N–H and O–H groups in total. The van der Waals surface area contributed by atoms with Gasteiger partial charge in [-0.1, -0.05) is 12.1 Å². The smallest absolute Gasteiger partial charge is 0.158 e. The molecule has 0 saturated heterocycles. The molecule has 0 amide bonds. The fourth-order valence-electron chi connectivity index (χ4n) is 1.40. The van der Waals surface area contributed by atoms with E-state index in [0.717, 1.165) is 0 Å². The number of sulfone groups is 1. The third-order valence-electron chi connectivity index (χ3n) is 2.75. The van der Waals surface area contributed by atoms with Crippen molar-refractivity contribution in [2.45, 2.75) is 32.1 Å². The average molecular weight is 351 g/mol. The number of ether oxygens (including phenoxy) is 1. The van der Waals surface area contributed by atoms with Gasteiger partial charge in [0.25, 0.3) is 0 Å². The zero-order valence-corrected chi connectivity index (χ0v) is 13.7. The van der Waals surface area contributed by atoms with Crippen molar-refractivity contribution >= 4 is 25.8 Å². The van der Waals surface area contributed by atoms with Crippen molar-refractivity contribution in [1.82, 2.24) is 0 Å². The molecule has 1 aromatic carbocycles. The molecule has 0 heterocycles. The molecule has 0 spiro atoms. The highest BCUT2D eigenvalue weighted by Crippen LogP contribution is 2.29. The molecule has 1 aromatic rings. The third kappa shape index (κ3) is 4.19. The molecular weight excluding hydrogens is 332 g/mol. The van der Waals surface area contributed by atoms with Crippen LogP contribution in [0, 0.1) is 0 Å². The Bertz CT molecular complexity index is 532. The van der Waals surface area contributed by atoms with E-state index >= 15 is 0 Å². The van der Waals surface area contributed by atoms with Crippen molar-refractivity contribution in [3.63, 3.8) is 0 Å². The predicted molar refractivity (Wildman–Crippen MR) is 79.1 cm³/mol. The van der Waals surface area contributed by atoms with Gasteiger partial charge in [-0.15, -0.1) is 0 Å². The van der Waals surface area contributed by atoms with E-state index in [1.165, 1.54) is 0 Å². The maximum atomic E-state index is 11.9. The number of aliphatic hydroxyl groups excluding tert-OH is 1. The van der Waals surface area contributed by atoms with Gasteiger partial charge >= 0.3 is 0 Å². The van der Waals surface area contributed by atoms with Crippen molar-refractivity contribution in [3.05, 3.63) is 28.2 Å². The van der Waals surface area contributed by atoms with Crippen LogP contribution in [0.25, 0.3) is 0 Å². The summed E-state index contributed by atoms with van der Waals surface area (Å²) in [5.74, 6) is 0.442. The summed E-state index contributed by atoms with van der Waals surface area (Å²) < 4.78 is 29.3. The molecule has 1 rings (SSSR count). The first-order valence-corrected chi connectivity index (χ1v) is 8.37. The van der Waals surface area contributed by atoms with Crippen LogP contribution in [-0.4, -0.2) is 30.6 Å². The van der Waals surface area contributed by atoms with E-state index in [-0.39, 0.29) is 19.0 Å². The molecule has 0 atom stereocenters. The number of hydrogen-bond acceptors (Lipinski definition) is 4. The Labute approximate surface area is 122 Å². The molecule has 0 aliphatic rings. The molecule has 6 heteroatoms. The van der Waals surface area contributed by atoms with Gasteiger partial charge in [0.1, 0.15) is 12.4 Å². The standard InChI is InChI=1S/C13H19BrO4S/c1-13(2,3)19(16,17)8-7-18-12-10(9-15)5-4-6-11(12)14/h4-6,15H,7-9H2,1-3H3. The van der Waals surface area contributed by atoms with Crippen molar-refractivity contribution in [1.29, 1.82) is 0 Å². The van der Waals surface area contributed by atoms with Crippen molar-refractivity contribution in [3.8, 4) is 5.75 Å². The Hall–Kier alpha value is -0.590. The Morgan fingerprint density at radius 2 is 1.95 bits per heavy atom. The maximum absolute atomic E-state index is 11.9. The quantitative estimate of drug-likeness (QED) is 0.886. The topological polar surface area (TPSA) is 63.6 Å². The maximum Gasteiger partial charge on any atom is 0.158 e. The van der Waals surface area contributed by atoms with Crippen LogP contribution in [0.1, 0.15) is 26.3 Å². The van der Waals surface area contributed by atoms with Gasteiger partial charge in [0, 0.05) is 5.56 Å². The SMILES string of the molecule is CC(C)(C)S(=O)(=O)CCOc1c(Br)cccc1CO. The van der Waals surface area contributed by atoms with E-state index in [2.05, 4.69) is 15.9 Å². The minimum absolute atomic E-state index is 0.0529.